The lowest BCUT2D eigenvalue weighted by molar-refractivity contribution is 0.417. The zero-order valence-electron chi connectivity index (χ0n) is 11.7. The maximum atomic E-state index is 9.20. The minimum atomic E-state index is -0.0744. The molecule has 0 spiro atoms. The first-order chi connectivity index (χ1) is 8.88. The summed E-state index contributed by atoms with van der Waals surface area (Å²) in [7, 11) is 1.60. The number of methoxy groups -OCH3 is 1. The van der Waals surface area contributed by atoms with Crippen LogP contribution in [0.3, 0.4) is 0 Å². The van der Waals surface area contributed by atoms with E-state index in [1.165, 1.54) is 0 Å². The second-order valence-electron chi connectivity index (χ2n) is 5.67. The highest BCUT2D eigenvalue weighted by Gasteiger charge is 2.21. The van der Waals surface area contributed by atoms with Gasteiger partial charge >= 0.3 is 0 Å². The van der Waals surface area contributed by atoms with Gasteiger partial charge in [0.05, 0.1) is 12.7 Å². The molecular weight excluding hydrogens is 236 g/mol. The van der Waals surface area contributed by atoms with E-state index in [-0.39, 0.29) is 5.41 Å². The smallest absolute Gasteiger partial charge is 0.144 e. The summed E-state index contributed by atoms with van der Waals surface area (Å²) >= 11 is 0. The number of ether oxygens (including phenoxy) is 1. The van der Waals surface area contributed by atoms with E-state index < -0.39 is 0 Å². The summed E-state index contributed by atoms with van der Waals surface area (Å²) in [6, 6.07) is 9.74. The van der Waals surface area contributed by atoms with Gasteiger partial charge in [-0.1, -0.05) is 26.8 Å². The minimum absolute atomic E-state index is 0.0744. The van der Waals surface area contributed by atoms with E-state index in [1.807, 2.05) is 18.2 Å². The topological polar surface area (TPSA) is 59.0 Å². The molecule has 0 fully saturated rings. The van der Waals surface area contributed by atoms with Crippen molar-refractivity contribution in [3.8, 4) is 11.8 Å². The molecule has 0 bridgehead atoms. The summed E-state index contributed by atoms with van der Waals surface area (Å²) in [5.74, 6) is 0.630. The minimum Gasteiger partial charge on any atom is -0.495 e. The third-order valence-electron chi connectivity index (χ3n) is 3.23. The number of hydrogen-bond acceptors (Lipinski definition) is 3. The SMILES string of the molecule is COc1c(C#N)ccc2cc(N)cc(C(C)(C)C)c12. The van der Waals surface area contributed by atoms with Crippen LogP contribution in [0.5, 0.6) is 5.75 Å². The van der Waals surface area contributed by atoms with Gasteiger partial charge in [0.2, 0.25) is 0 Å². The molecular formula is C16H18N2O. The van der Waals surface area contributed by atoms with Crippen LogP contribution in [0.15, 0.2) is 24.3 Å². The molecule has 98 valence electrons. The Morgan fingerprint density at radius 2 is 1.89 bits per heavy atom. The molecule has 0 saturated heterocycles. The number of rotatable bonds is 1. The average molecular weight is 254 g/mol. The third-order valence-corrected chi connectivity index (χ3v) is 3.23. The second-order valence-corrected chi connectivity index (χ2v) is 5.67. The molecule has 0 aliphatic rings. The van der Waals surface area contributed by atoms with Gasteiger partial charge < -0.3 is 10.5 Å². The van der Waals surface area contributed by atoms with Crippen LogP contribution in [0, 0.1) is 11.3 Å². The van der Waals surface area contributed by atoms with Crippen molar-refractivity contribution in [2.24, 2.45) is 0 Å². The Morgan fingerprint density at radius 1 is 1.21 bits per heavy atom. The Labute approximate surface area is 113 Å². The fraction of sp³-hybridized carbons (Fsp3) is 0.312. The molecule has 0 atom stereocenters. The number of nitrogens with two attached hydrogens (primary N) is 1. The normalized spacial score (nSPS) is 11.3. The van der Waals surface area contributed by atoms with Crippen molar-refractivity contribution in [1.82, 2.24) is 0 Å². The lowest BCUT2D eigenvalue weighted by Gasteiger charge is -2.23. The van der Waals surface area contributed by atoms with Crippen LogP contribution in [0.25, 0.3) is 10.8 Å². The zero-order chi connectivity index (χ0) is 14.2. The fourth-order valence-electron chi connectivity index (χ4n) is 2.35. The van der Waals surface area contributed by atoms with Gasteiger partial charge in [0.1, 0.15) is 11.8 Å². The number of fused-ring (bicyclic) bond motifs is 1. The maximum Gasteiger partial charge on any atom is 0.144 e. The monoisotopic (exact) mass is 254 g/mol. The highest BCUT2D eigenvalue weighted by molar-refractivity contribution is 5.96. The molecule has 19 heavy (non-hydrogen) atoms. The Balaban J connectivity index is 2.99. The van der Waals surface area contributed by atoms with Crippen LogP contribution in [-0.2, 0) is 5.41 Å². The Kier molecular flexibility index (Phi) is 3.11. The third kappa shape index (κ3) is 2.22. The largest absolute Gasteiger partial charge is 0.495 e. The van der Waals surface area contributed by atoms with E-state index in [2.05, 4.69) is 26.8 Å². The van der Waals surface area contributed by atoms with Crippen LogP contribution in [0.4, 0.5) is 5.69 Å². The van der Waals surface area contributed by atoms with E-state index in [0.717, 1.165) is 22.0 Å². The first-order valence-electron chi connectivity index (χ1n) is 6.19. The second kappa shape index (κ2) is 4.47. The molecule has 0 amide bonds. The lowest BCUT2D eigenvalue weighted by atomic mass is 9.82. The molecule has 0 aliphatic heterocycles. The van der Waals surface area contributed by atoms with E-state index in [1.54, 1.807) is 13.2 Å². The Bertz CT molecular complexity index is 676. The number of nitriles is 1. The van der Waals surface area contributed by atoms with E-state index in [9.17, 15) is 5.26 Å². The molecule has 0 saturated carbocycles. The quantitative estimate of drug-likeness (QED) is 0.791. The number of nitrogens with zero attached hydrogens (tertiary/aromatic N) is 1. The van der Waals surface area contributed by atoms with Crippen molar-refractivity contribution in [1.29, 1.82) is 5.26 Å². The van der Waals surface area contributed by atoms with Crippen LogP contribution >= 0.6 is 0 Å². The molecule has 3 heteroatoms. The van der Waals surface area contributed by atoms with Crippen LogP contribution in [-0.4, -0.2) is 7.11 Å². The van der Waals surface area contributed by atoms with Crippen molar-refractivity contribution >= 4 is 16.5 Å². The van der Waals surface area contributed by atoms with Gasteiger partial charge in [-0.3, -0.25) is 0 Å². The van der Waals surface area contributed by atoms with Crippen molar-refractivity contribution in [2.45, 2.75) is 26.2 Å². The molecule has 2 rings (SSSR count). The van der Waals surface area contributed by atoms with Crippen molar-refractivity contribution in [2.75, 3.05) is 12.8 Å². The Hall–Kier alpha value is -2.21. The maximum absolute atomic E-state index is 9.20. The van der Waals surface area contributed by atoms with E-state index in [4.69, 9.17) is 10.5 Å². The average Bonchev–Trinajstić information content (AvgIpc) is 2.35. The molecule has 2 N–H and O–H groups in total. The van der Waals surface area contributed by atoms with Crippen LogP contribution < -0.4 is 10.5 Å². The first kappa shape index (κ1) is 13.2. The van der Waals surface area contributed by atoms with Crippen LogP contribution in [0.2, 0.25) is 0 Å². The van der Waals surface area contributed by atoms with E-state index in [0.29, 0.717) is 11.3 Å². The lowest BCUT2D eigenvalue weighted by Crippen LogP contribution is -2.13. The van der Waals surface area contributed by atoms with Gasteiger partial charge in [0.15, 0.2) is 0 Å². The predicted molar refractivity (Wildman–Crippen MR) is 78.3 cm³/mol. The number of anilines is 1. The summed E-state index contributed by atoms with van der Waals surface area (Å²) in [6.45, 7) is 6.37. The molecule has 0 aliphatic carbocycles. The van der Waals surface area contributed by atoms with Crippen LogP contribution in [0.1, 0.15) is 31.9 Å². The van der Waals surface area contributed by atoms with Gasteiger partial charge in [0, 0.05) is 11.1 Å². The molecule has 0 radical (unpaired) electrons. The standard InChI is InChI=1S/C16H18N2O/c1-16(2,3)13-8-12(18)7-10-5-6-11(9-17)15(19-4)14(10)13/h5-8H,18H2,1-4H3. The van der Waals surface area contributed by atoms with Gasteiger partial charge in [0.25, 0.3) is 0 Å². The summed E-state index contributed by atoms with van der Waals surface area (Å²) in [4.78, 5) is 0. The zero-order valence-corrected chi connectivity index (χ0v) is 11.7. The summed E-state index contributed by atoms with van der Waals surface area (Å²) < 4.78 is 5.46. The molecule has 0 aromatic heterocycles. The van der Waals surface area contributed by atoms with Gasteiger partial charge in [-0.25, -0.2) is 0 Å². The van der Waals surface area contributed by atoms with Gasteiger partial charge in [-0.15, -0.1) is 0 Å². The van der Waals surface area contributed by atoms with Gasteiger partial charge in [-0.05, 0) is 34.6 Å². The van der Waals surface area contributed by atoms with Crippen molar-refractivity contribution in [3.63, 3.8) is 0 Å². The molecule has 2 aromatic carbocycles. The fourth-order valence-corrected chi connectivity index (χ4v) is 2.35. The summed E-state index contributed by atoms with van der Waals surface area (Å²) in [6.07, 6.45) is 0. The molecule has 2 aromatic rings. The highest BCUT2D eigenvalue weighted by Crippen LogP contribution is 2.39. The number of hydrogen-bond donors (Lipinski definition) is 1. The van der Waals surface area contributed by atoms with Crippen molar-refractivity contribution in [3.05, 3.63) is 35.4 Å². The summed E-state index contributed by atoms with van der Waals surface area (Å²) in [5.41, 5.74) is 8.27. The highest BCUT2D eigenvalue weighted by atomic mass is 16.5. The van der Waals surface area contributed by atoms with Crippen molar-refractivity contribution < 1.29 is 4.74 Å². The predicted octanol–water partition coefficient (Wildman–Crippen LogP) is 3.60. The molecule has 0 unspecified atom stereocenters. The first-order valence-corrected chi connectivity index (χ1v) is 6.19. The molecule has 3 nitrogen and oxygen atoms in total. The van der Waals surface area contributed by atoms with E-state index >= 15 is 0 Å². The Morgan fingerprint density at radius 3 is 2.42 bits per heavy atom. The number of benzene rings is 2. The summed E-state index contributed by atoms with van der Waals surface area (Å²) in [5, 5.41) is 11.2. The number of nitrogen functional groups attached to an aromatic ring is 1. The molecule has 0 heterocycles. The van der Waals surface area contributed by atoms with Gasteiger partial charge in [-0.2, -0.15) is 5.26 Å².